The van der Waals surface area contributed by atoms with Gasteiger partial charge in [-0.3, -0.25) is 4.90 Å². The van der Waals surface area contributed by atoms with Gasteiger partial charge in [0, 0.05) is 11.4 Å². The third-order valence-electron chi connectivity index (χ3n) is 4.24. The molecule has 0 N–H and O–H groups in total. The first-order valence-electron chi connectivity index (χ1n) is 6.84. The van der Waals surface area contributed by atoms with Crippen LogP contribution in [-0.4, -0.2) is 23.0 Å². The second kappa shape index (κ2) is 6.36. The molecule has 0 radical (unpaired) electrons. The average molecular weight is 287 g/mol. The minimum absolute atomic E-state index is 0.408. The summed E-state index contributed by atoms with van der Waals surface area (Å²) in [4.78, 5) is 7.11. The van der Waals surface area contributed by atoms with Gasteiger partial charge in [0.25, 0.3) is 0 Å². The summed E-state index contributed by atoms with van der Waals surface area (Å²) in [7, 11) is 2.24. The Kier molecular flexibility index (Phi) is 5.05. The third kappa shape index (κ3) is 3.25. The Labute approximate surface area is 119 Å². The maximum Gasteiger partial charge on any atom is 0.110 e. The number of thiazole rings is 1. The number of nitrogens with zero attached hydrogens (tertiary/aromatic N) is 2. The van der Waals surface area contributed by atoms with E-state index in [1.807, 2.05) is 0 Å². The van der Waals surface area contributed by atoms with E-state index in [1.54, 1.807) is 11.3 Å². The highest BCUT2D eigenvalue weighted by Crippen LogP contribution is 2.32. The molecule has 0 aromatic carbocycles. The first-order chi connectivity index (χ1) is 8.61. The predicted molar refractivity (Wildman–Crippen MR) is 79.3 cm³/mol. The Morgan fingerprint density at radius 3 is 2.67 bits per heavy atom. The van der Waals surface area contributed by atoms with E-state index in [2.05, 4.69) is 36.2 Å². The maximum absolute atomic E-state index is 5.82. The average Bonchev–Trinajstić information content (AvgIpc) is 2.86. The molecule has 1 aliphatic rings. The van der Waals surface area contributed by atoms with Crippen molar-refractivity contribution in [3.05, 3.63) is 16.1 Å². The van der Waals surface area contributed by atoms with Crippen molar-refractivity contribution in [2.24, 2.45) is 5.92 Å². The Hall–Kier alpha value is -0.120. The van der Waals surface area contributed by atoms with Crippen molar-refractivity contribution in [1.82, 2.24) is 9.88 Å². The summed E-state index contributed by atoms with van der Waals surface area (Å²) < 4.78 is 0. The van der Waals surface area contributed by atoms with Crippen LogP contribution in [0, 0.1) is 5.92 Å². The Morgan fingerprint density at radius 2 is 2.11 bits per heavy atom. The van der Waals surface area contributed by atoms with Crippen molar-refractivity contribution >= 4 is 22.9 Å². The molecule has 1 heterocycles. The molecule has 1 aliphatic carbocycles. The molecule has 2 nitrogen and oxygen atoms in total. The van der Waals surface area contributed by atoms with Crippen LogP contribution in [0.25, 0.3) is 0 Å². The Bertz CT molecular complexity index is 372. The van der Waals surface area contributed by atoms with E-state index in [1.165, 1.54) is 30.7 Å². The molecular formula is C14H23ClN2S. The van der Waals surface area contributed by atoms with Gasteiger partial charge in [0.1, 0.15) is 5.01 Å². The van der Waals surface area contributed by atoms with Gasteiger partial charge in [-0.15, -0.1) is 22.9 Å². The second-order valence-electron chi connectivity index (χ2n) is 5.57. The molecule has 0 bridgehead atoms. The second-order valence-corrected chi connectivity index (χ2v) is 6.72. The largest absolute Gasteiger partial charge is 0.294 e. The highest BCUT2D eigenvalue weighted by molar-refractivity contribution is 7.09. The maximum atomic E-state index is 5.82. The van der Waals surface area contributed by atoms with Gasteiger partial charge in [-0.1, -0.05) is 6.92 Å². The quantitative estimate of drug-likeness (QED) is 0.760. The fourth-order valence-corrected chi connectivity index (χ4v) is 3.87. The lowest BCUT2D eigenvalue weighted by molar-refractivity contribution is 0.131. The molecule has 2 rings (SSSR count). The zero-order chi connectivity index (χ0) is 13.1. The van der Waals surface area contributed by atoms with Crippen LogP contribution in [0.5, 0.6) is 0 Å². The Balaban J connectivity index is 1.97. The Morgan fingerprint density at radius 1 is 1.44 bits per heavy atom. The van der Waals surface area contributed by atoms with Gasteiger partial charge in [0.05, 0.1) is 17.6 Å². The summed E-state index contributed by atoms with van der Waals surface area (Å²) in [6.45, 7) is 4.63. The molecule has 1 aromatic heterocycles. The van der Waals surface area contributed by atoms with E-state index >= 15 is 0 Å². The summed E-state index contributed by atoms with van der Waals surface area (Å²) in [5.74, 6) is 1.43. The molecule has 1 saturated carbocycles. The number of hydrogen-bond acceptors (Lipinski definition) is 3. The monoisotopic (exact) mass is 286 g/mol. The van der Waals surface area contributed by atoms with Gasteiger partial charge in [0.15, 0.2) is 0 Å². The van der Waals surface area contributed by atoms with Gasteiger partial charge in [-0.25, -0.2) is 4.98 Å². The molecule has 1 atom stereocenters. The minimum atomic E-state index is 0.408. The van der Waals surface area contributed by atoms with E-state index in [0.717, 1.165) is 17.7 Å². The zero-order valence-electron chi connectivity index (χ0n) is 11.5. The van der Waals surface area contributed by atoms with Gasteiger partial charge in [0.2, 0.25) is 0 Å². The fourth-order valence-electron chi connectivity index (χ4n) is 2.72. The number of aromatic nitrogens is 1. The lowest BCUT2D eigenvalue weighted by Crippen LogP contribution is -2.36. The molecule has 4 heteroatoms. The van der Waals surface area contributed by atoms with E-state index < -0.39 is 0 Å². The smallest absolute Gasteiger partial charge is 0.110 e. The molecule has 0 aliphatic heterocycles. The van der Waals surface area contributed by atoms with Crippen LogP contribution in [0.3, 0.4) is 0 Å². The summed E-state index contributed by atoms with van der Waals surface area (Å²) in [6.07, 6.45) is 5.39. The van der Waals surface area contributed by atoms with Crippen molar-refractivity contribution in [3.8, 4) is 0 Å². The van der Waals surface area contributed by atoms with Crippen LogP contribution < -0.4 is 0 Å². The van der Waals surface area contributed by atoms with Crippen molar-refractivity contribution in [2.45, 2.75) is 57.5 Å². The summed E-state index contributed by atoms with van der Waals surface area (Å²) in [6, 6.07) is 1.13. The standard InChI is InChI=1S/C14H23ClN2S/c1-10-4-6-13(7-5-10)17(3)11(2)14-16-12(8-15)9-18-14/h9-11,13H,4-8H2,1-3H3. The van der Waals surface area contributed by atoms with Crippen molar-refractivity contribution in [3.63, 3.8) is 0 Å². The number of hydrogen-bond donors (Lipinski definition) is 0. The van der Waals surface area contributed by atoms with Gasteiger partial charge < -0.3 is 0 Å². The fraction of sp³-hybridized carbons (Fsp3) is 0.786. The molecule has 0 saturated heterocycles. The predicted octanol–water partition coefficient (Wildman–Crippen LogP) is 4.45. The molecule has 102 valence electrons. The molecule has 18 heavy (non-hydrogen) atoms. The normalized spacial score (nSPS) is 26.5. The van der Waals surface area contributed by atoms with Gasteiger partial charge in [-0.05, 0) is 45.6 Å². The van der Waals surface area contributed by atoms with Gasteiger partial charge >= 0.3 is 0 Å². The van der Waals surface area contributed by atoms with Crippen LogP contribution in [0.1, 0.15) is 56.3 Å². The number of alkyl halides is 1. The van der Waals surface area contributed by atoms with E-state index in [9.17, 15) is 0 Å². The first-order valence-corrected chi connectivity index (χ1v) is 8.25. The van der Waals surface area contributed by atoms with E-state index in [-0.39, 0.29) is 0 Å². The van der Waals surface area contributed by atoms with Crippen LogP contribution >= 0.6 is 22.9 Å². The highest BCUT2D eigenvalue weighted by atomic mass is 35.5. The molecular weight excluding hydrogens is 264 g/mol. The molecule has 1 aromatic rings. The van der Waals surface area contributed by atoms with Crippen LogP contribution in [0.2, 0.25) is 0 Å². The highest BCUT2D eigenvalue weighted by Gasteiger charge is 2.26. The zero-order valence-corrected chi connectivity index (χ0v) is 13.1. The summed E-state index contributed by atoms with van der Waals surface area (Å²) >= 11 is 7.56. The van der Waals surface area contributed by atoms with Crippen molar-refractivity contribution < 1.29 is 0 Å². The molecule has 1 unspecified atom stereocenters. The SMILES string of the molecule is CC1CCC(N(C)C(C)c2nc(CCl)cs2)CC1. The third-order valence-corrected chi connectivity index (χ3v) is 5.57. The van der Waals surface area contributed by atoms with E-state index in [4.69, 9.17) is 11.6 Å². The molecule has 0 spiro atoms. The van der Waals surface area contributed by atoms with Crippen LogP contribution in [-0.2, 0) is 5.88 Å². The first kappa shape index (κ1) is 14.3. The lowest BCUT2D eigenvalue weighted by atomic mass is 9.86. The number of halogens is 1. The van der Waals surface area contributed by atoms with Crippen molar-refractivity contribution in [2.75, 3.05) is 7.05 Å². The lowest BCUT2D eigenvalue weighted by Gasteiger charge is -2.36. The minimum Gasteiger partial charge on any atom is -0.294 e. The summed E-state index contributed by atoms with van der Waals surface area (Å²) in [5.41, 5.74) is 1.01. The molecule has 0 amide bonds. The van der Waals surface area contributed by atoms with Crippen molar-refractivity contribution in [1.29, 1.82) is 0 Å². The molecule has 1 fully saturated rings. The van der Waals surface area contributed by atoms with Gasteiger partial charge in [-0.2, -0.15) is 0 Å². The van der Waals surface area contributed by atoms with Crippen LogP contribution in [0.15, 0.2) is 5.38 Å². The topological polar surface area (TPSA) is 16.1 Å². The summed E-state index contributed by atoms with van der Waals surface area (Å²) in [5, 5.41) is 3.28. The number of rotatable bonds is 4. The van der Waals surface area contributed by atoms with Crippen LogP contribution in [0.4, 0.5) is 0 Å². The van der Waals surface area contributed by atoms with E-state index in [0.29, 0.717) is 11.9 Å².